The molecule has 2 aromatic rings. The molecule has 0 saturated heterocycles. The summed E-state index contributed by atoms with van der Waals surface area (Å²) in [5.41, 5.74) is 2.39. The quantitative estimate of drug-likeness (QED) is 0.918. The smallest absolute Gasteiger partial charge is 0.114 e. The van der Waals surface area contributed by atoms with Crippen molar-refractivity contribution in [2.45, 2.75) is 31.8 Å². The maximum Gasteiger partial charge on any atom is 0.114 e. The lowest BCUT2D eigenvalue weighted by atomic mass is 10.1. The van der Waals surface area contributed by atoms with Gasteiger partial charge in [-0.15, -0.1) is 11.3 Å². The molecule has 1 saturated carbocycles. The molecule has 1 aliphatic rings. The van der Waals surface area contributed by atoms with Crippen molar-refractivity contribution in [1.82, 2.24) is 10.3 Å². The van der Waals surface area contributed by atoms with Gasteiger partial charge in [0.15, 0.2) is 0 Å². The summed E-state index contributed by atoms with van der Waals surface area (Å²) in [6, 6.07) is 9.39. The molecule has 94 valence electrons. The van der Waals surface area contributed by atoms with Crippen molar-refractivity contribution in [3.05, 3.63) is 50.4 Å². The Morgan fingerprint density at radius 1 is 1.44 bits per heavy atom. The topological polar surface area (TPSA) is 24.9 Å². The zero-order valence-electron chi connectivity index (χ0n) is 10.2. The number of nitrogens with zero attached hydrogens (tertiary/aromatic N) is 1. The van der Waals surface area contributed by atoms with Gasteiger partial charge in [0.25, 0.3) is 0 Å². The zero-order chi connectivity index (χ0) is 12.5. The molecule has 3 rings (SSSR count). The summed E-state index contributed by atoms with van der Waals surface area (Å²) in [7, 11) is 0. The largest absolute Gasteiger partial charge is 0.301 e. The van der Waals surface area contributed by atoms with Gasteiger partial charge in [-0.05, 0) is 37.5 Å². The molecular formula is C14H15BrN2S. The summed E-state index contributed by atoms with van der Waals surface area (Å²) in [5.74, 6) is 0. The Morgan fingerprint density at radius 2 is 2.28 bits per heavy atom. The Kier molecular flexibility index (Phi) is 3.50. The molecule has 0 amide bonds. The van der Waals surface area contributed by atoms with Crippen molar-refractivity contribution in [2.75, 3.05) is 0 Å². The molecule has 1 unspecified atom stereocenters. The van der Waals surface area contributed by atoms with Gasteiger partial charge in [-0.1, -0.05) is 28.1 Å². The number of aromatic nitrogens is 1. The Balaban J connectivity index is 1.93. The van der Waals surface area contributed by atoms with Crippen LogP contribution in [0.1, 0.15) is 35.1 Å². The fourth-order valence-corrected chi connectivity index (χ4v) is 3.28. The van der Waals surface area contributed by atoms with Crippen LogP contribution in [0.5, 0.6) is 0 Å². The van der Waals surface area contributed by atoms with E-state index in [1.807, 2.05) is 0 Å². The molecule has 1 aliphatic carbocycles. The van der Waals surface area contributed by atoms with E-state index in [1.165, 1.54) is 18.4 Å². The van der Waals surface area contributed by atoms with E-state index in [1.54, 1.807) is 11.3 Å². The highest BCUT2D eigenvalue weighted by molar-refractivity contribution is 9.10. The molecule has 18 heavy (non-hydrogen) atoms. The lowest BCUT2D eigenvalue weighted by Gasteiger charge is -2.17. The average Bonchev–Trinajstić information content (AvgIpc) is 3.07. The second-order valence-electron chi connectivity index (χ2n) is 4.76. The van der Waals surface area contributed by atoms with E-state index in [2.05, 4.69) is 62.8 Å². The van der Waals surface area contributed by atoms with E-state index in [0.717, 1.165) is 15.2 Å². The van der Waals surface area contributed by atoms with Crippen LogP contribution < -0.4 is 5.32 Å². The van der Waals surface area contributed by atoms with Gasteiger partial charge in [-0.3, -0.25) is 0 Å². The summed E-state index contributed by atoms with van der Waals surface area (Å²) < 4.78 is 1.12. The number of benzene rings is 1. The van der Waals surface area contributed by atoms with E-state index < -0.39 is 0 Å². The Hall–Kier alpha value is -0.710. The SMILES string of the molecule is Cc1csc(C(NC2CC2)c2cccc(Br)c2)n1. The van der Waals surface area contributed by atoms with Crippen molar-refractivity contribution in [3.8, 4) is 0 Å². The highest BCUT2D eigenvalue weighted by atomic mass is 79.9. The van der Waals surface area contributed by atoms with Gasteiger partial charge in [-0.25, -0.2) is 4.98 Å². The second-order valence-corrected chi connectivity index (χ2v) is 6.56. The number of halogens is 1. The van der Waals surface area contributed by atoms with Crippen LogP contribution in [0.15, 0.2) is 34.1 Å². The minimum Gasteiger partial charge on any atom is -0.301 e. The predicted octanol–water partition coefficient (Wildman–Crippen LogP) is 4.06. The van der Waals surface area contributed by atoms with E-state index in [-0.39, 0.29) is 6.04 Å². The molecule has 0 aliphatic heterocycles. The molecule has 1 aromatic heterocycles. The number of rotatable bonds is 4. The molecule has 1 N–H and O–H groups in total. The third kappa shape index (κ3) is 2.82. The van der Waals surface area contributed by atoms with Crippen LogP contribution >= 0.6 is 27.3 Å². The molecule has 0 bridgehead atoms. The number of hydrogen-bond acceptors (Lipinski definition) is 3. The van der Waals surface area contributed by atoms with Crippen LogP contribution in [0.4, 0.5) is 0 Å². The Morgan fingerprint density at radius 3 is 2.89 bits per heavy atom. The maximum absolute atomic E-state index is 4.64. The van der Waals surface area contributed by atoms with Gasteiger partial charge in [-0.2, -0.15) is 0 Å². The van der Waals surface area contributed by atoms with Crippen LogP contribution in [0, 0.1) is 6.92 Å². The first-order valence-corrected chi connectivity index (χ1v) is 7.83. The Labute approximate surface area is 120 Å². The summed E-state index contributed by atoms with van der Waals surface area (Å²) in [6.45, 7) is 2.05. The number of thiazole rings is 1. The van der Waals surface area contributed by atoms with Crippen LogP contribution in [-0.2, 0) is 0 Å². The van der Waals surface area contributed by atoms with E-state index >= 15 is 0 Å². The number of aryl methyl sites for hydroxylation is 1. The van der Waals surface area contributed by atoms with Crippen molar-refractivity contribution in [1.29, 1.82) is 0 Å². The van der Waals surface area contributed by atoms with Gasteiger partial charge in [0.1, 0.15) is 5.01 Å². The predicted molar refractivity (Wildman–Crippen MR) is 79.0 cm³/mol. The molecule has 0 radical (unpaired) electrons. The number of nitrogens with one attached hydrogen (secondary N) is 1. The van der Waals surface area contributed by atoms with E-state index in [9.17, 15) is 0 Å². The highest BCUT2D eigenvalue weighted by Gasteiger charge is 2.27. The summed E-state index contributed by atoms with van der Waals surface area (Å²) in [5, 5.41) is 6.98. The first-order valence-electron chi connectivity index (χ1n) is 6.16. The van der Waals surface area contributed by atoms with Crippen LogP contribution in [0.2, 0.25) is 0 Å². The lowest BCUT2D eigenvalue weighted by molar-refractivity contribution is 0.597. The second kappa shape index (κ2) is 5.11. The molecule has 1 fully saturated rings. The zero-order valence-corrected chi connectivity index (χ0v) is 12.6. The van der Waals surface area contributed by atoms with Gasteiger partial charge in [0, 0.05) is 21.6 Å². The van der Waals surface area contributed by atoms with Gasteiger partial charge >= 0.3 is 0 Å². The van der Waals surface area contributed by atoms with E-state index in [0.29, 0.717) is 6.04 Å². The van der Waals surface area contributed by atoms with Gasteiger partial charge in [0.2, 0.25) is 0 Å². The van der Waals surface area contributed by atoms with Crippen molar-refractivity contribution >= 4 is 27.3 Å². The van der Waals surface area contributed by atoms with Crippen LogP contribution in [-0.4, -0.2) is 11.0 Å². The van der Waals surface area contributed by atoms with Crippen LogP contribution in [0.3, 0.4) is 0 Å². The molecule has 1 atom stereocenters. The molecule has 0 spiro atoms. The molecule has 1 aromatic carbocycles. The summed E-state index contributed by atoms with van der Waals surface area (Å²) in [6.07, 6.45) is 2.57. The number of hydrogen-bond donors (Lipinski definition) is 1. The molecule has 1 heterocycles. The van der Waals surface area contributed by atoms with Crippen LogP contribution in [0.25, 0.3) is 0 Å². The maximum atomic E-state index is 4.64. The first kappa shape index (κ1) is 12.3. The van der Waals surface area contributed by atoms with E-state index in [4.69, 9.17) is 0 Å². The van der Waals surface area contributed by atoms with Crippen molar-refractivity contribution in [2.24, 2.45) is 0 Å². The van der Waals surface area contributed by atoms with Gasteiger partial charge in [0.05, 0.1) is 6.04 Å². The van der Waals surface area contributed by atoms with Gasteiger partial charge < -0.3 is 5.32 Å². The third-order valence-electron chi connectivity index (χ3n) is 3.05. The third-order valence-corrected chi connectivity index (χ3v) is 4.57. The lowest BCUT2D eigenvalue weighted by Crippen LogP contribution is -2.24. The summed E-state index contributed by atoms with van der Waals surface area (Å²) >= 11 is 5.28. The highest BCUT2D eigenvalue weighted by Crippen LogP contribution is 2.31. The van der Waals surface area contributed by atoms with Crippen molar-refractivity contribution < 1.29 is 0 Å². The minimum atomic E-state index is 0.230. The summed E-state index contributed by atoms with van der Waals surface area (Å²) in [4.78, 5) is 4.64. The normalized spacial score (nSPS) is 16.8. The standard InChI is InChI=1S/C14H15BrN2S/c1-9-8-18-14(16-9)13(17-12-5-6-12)10-3-2-4-11(15)7-10/h2-4,7-8,12-13,17H,5-6H2,1H3. The fraction of sp³-hybridized carbons (Fsp3) is 0.357. The average molecular weight is 323 g/mol. The minimum absolute atomic E-state index is 0.230. The fourth-order valence-electron chi connectivity index (χ4n) is 1.99. The Bertz CT molecular complexity index is 548. The first-order chi connectivity index (χ1) is 8.72. The monoisotopic (exact) mass is 322 g/mol. The molecule has 2 nitrogen and oxygen atoms in total. The molecule has 4 heteroatoms. The molecular weight excluding hydrogens is 308 g/mol. The van der Waals surface area contributed by atoms with Crippen molar-refractivity contribution in [3.63, 3.8) is 0 Å².